The summed E-state index contributed by atoms with van der Waals surface area (Å²) in [5, 5.41) is 14.0. The maximum Gasteiger partial charge on any atom is 0.270 e. The number of carbonyl (C=O) groups excluding carboxylic acids is 1. The van der Waals surface area contributed by atoms with Crippen molar-refractivity contribution in [1.29, 1.82) is 0 Å². The van der Waals surface area contributed by atoms with E-state index in [1.807, 2.05) is 66.2 Å². The molecule has 0 aliphatic rings. The van der Waals surface area contributed by atoms with Crippen molar-refractivity contribution in [3.05, 3.63) is 105 Å². The Morgan fingerprint density at radius 2 is 1.84 bits per heavy atom. The molecule has 156 valence electrons. The summed E-state index contributed by atoms with van der Waals surface area (Å²) in [5.74, 6) is 0.415. The molecule has 1 atom stereocenters. The van der Waals surface area contributed by atoms with Gasteiger partial charge in [-0.1, -0.05) is 54.1 Å². The lowest BCUT2D eigenvalue weighted by atomic mass is 10.0. The van der Waals surface area contributed by atoms with Gasteiger partial charge in [0.25, 0.3) is 11.6 Å². The molecule has 1 unspecified atom stereocenters. The molecule has 31 heavy (non-hydrogen) atoms. The summed E-state index contributed by atoms with van der Waals surface area (Å²) in [6.07, 6.45) is 0.464. The quantitative estimate of drug-likeness (QED) is 0.347. The summed E-state index contributed by atoms with van der Waals surface area (Å²) in [7, 11) is 1.95. The van der Waals surface area contributed by atoms with Crippen molar-refractivity contribution in [2.45, 2.75) is 12.5 Å². The van der Waals surface area contributed by atoms with E-state index in [1.165, 1.54) is 18.2 Å². The molecule has 0 saturated heterocycles. The van der Waals surface area contributed by atoms with Crippen molar-refractivity contribution >= 4 is 34.2 Å². The highest BCUT2D eigenvalue weighted by Gasteiger charge is 2.22. The Morgan fingerprint density at radius 1 is 1.13 bits per heavy atom. The molecule has 0 aliphatic carbocycles. The third kappa shape index (κ3) is 4.27. The lowest BCUT2D eigenvalue weighted by Crippen LogP contribution is -2.30. The first-order valence-corrected chi connectivity index (χ1v) is 10.0. The molecule has 0 spiro atoms. The maximum atomic E-state index is 13.0. The van der Waals surface area contributed by atoms with Gasteiger partial charge in [-0.15, -0.1) is 0 Å². The second kappa shape index (κ2) is 8.57. The average Bonchev–Trinajstić information content (AvgIpc) is 3.09. The first kappa shape index (κ1) is 20.6. The van der Waals surface area contributed by atoms with Crippen molar-refractivity contribution in [3.63, 3.8) is 0 Å². The summed E-state index contributed by atoms with van der Waals surface area (Å²) >= 11 is 6.15. The van der Waals surface area contributed by atoms with E-state index >= 15 is 0 Å². The molecule has 4 aromatic rings. The van der Waals surface area contributed by atoms with Crippen LogP contribution in [-0.4, -0.2) is 20.4 Å². The molecule has 0 aliphatic heterocycles. The Kier molecular flexibility index (Phi) is 5.68. The van der Waals surface area contributed by atoms with Gasteiger partial charge in [0.15, 0.2) is 0 Å². The minimum atomic E-state index is -0.550. The van der Waals surface area contributed by atoms with Gasteiger partial charge in [0.2, 0.25) is 0 Å². The second-order valence-corrected chi connectivity index (χ2v) is 7.55. The van der Waals surface area contributed by atoms with Crippen molar-refractivity contribution in [2.75, 3.05) is 0 Å². The van der Waals surface area contributed by atoms with Gasteiger partial charge in [0.05, 0.1) is 32.6 Å². The molecule has 0 saturated carbocycles. The zero-order valence-electron chi connectivity index (χ0n) is 16.7. The van der Waals surface area contributed by atoms with Crippen molar-refractivity contribution in [1.82, 2.24) is 14.9 Å². The standard InChI is InChI=1S/C23H19ClN4O3/c1-27-21-10-6-5-9-19(21)25-22(27)14-20(15-7-3-2-4-8-15)26-23(29)17-12-11-16(28(30)31)13-18(17)24/h2-13,20H,14H2,1H3,(H,26,29). The molecule has 1 amide bonds. The number of imidazole rings is 1. The van der Waals surface area contributed by atoms with Crippen LogP contribution in [0.1, 0.15) is 27.8 Å². The SMILES string of the molecule is Cn1c(CC(NC(=O)c2ccc([N+](=O)[O-])cc2Cl)c2ccccc2)nc2ccccc21. The molecule has 0 radical (unpaired) electrons. The summed E-state index contributed by atoms with van der Waals surface area (Å²) in [5.41, 5.74) is 2.82. The molecule has 1 aromatic heterocycles. The number of carbonyl (C=O) groups is 1. The number of non-ortho nitro benzene ring substituents is 1. The highest BCUT2D eigenvalue weighted by atomic mass is 35.5. The van der Waals surface area contributed by atoms with Gasteiger partial charge in [0.1, 0.15) is 5.82 Å². The van der Waals surface area contributed by atoms with Crippen LogP contribution in [0.15, 0.2) is 72.8 Å². The number of fused-ring (bicyclic) bond motifs is 1. The fraction of sp³-hybridized carbons (Fsp3) is 0.130. The van der Waals surface area contributed by atoms with Crippen molar-refractivity contribution in [3.8, 4) is 0 Å². The van der Waals surface area contributed by atoms with Crippen LogP contribution in [0.25, 0.3) is 11.0 Å². The van der Waals surface area contributed by atoms with E-state index in [1.54, 1.807) is 0 Å². The summed E-state index contributed by atoms with van der Waals surface area (Å²) in [6.45, 7) is 0. The first-order valence-electron chi connectivity index (χ1n) is 9.64. The van der Waals surface area contributed by atoms with Gasteiger partial charge in [-0.05, 0) is 23.8 Å². The molecule has 1 N–H and O–H groups in total. The van der Waals surface area contributed by atoms with E-state index in [2.05, 4.69) is 5.32 Å². The topological polar surface area (TPSA) is 90.1 Å². The zero-order chi connectivity index (χ0) is 22.0. The van der Waals surface area contributed by atoms with Crippen LogP contribution in [0.4, 0.5) is 5.69 Å². The predicted molar refractivity (Wildman–Crippen MR) is 119 cm³/mol. The largest absolute Gasteiger partial charge is 0.345 e. The molecular weight excluding hydrogens is 416 g/mol. The number of nitro groups is 1. The lowest BCUT2D eigenvalue weighted by molar-refractivity contribution is -0.384. The predicted octanol–water partition coefficient (Wildman–Crippen LogP) is 4.85. The Hall–Kier alpha value is -3.71. The van der Waals surface area contributed by atoms with E-state index in [4.69, 9.17) is 16.6 Å². The first-order chi connectivity index (χ1) is 14.9. The number of aromatic nitrogens is 2. The van der Waals surface area contributed by atoms with E-state index in [-0.39, 0.29) is 22.3 Å². The number of amides is 1. The van der Waals surface area contributed by atoms with Crippen LogP contribution in [-0.2, 0) is 13.5 Å². The summed E-state index contributed by atoms with van der Waals surface area (Å²) in [4.78, 5) is 28.1. The lowest BCUT2D eigenvalue weighted by Gasteiger charge is -2.19. The number of nitrogens with zero attached hydrogens (tertiary/aromatic N) is 3. The van der Waals surface area contributed by atoms with E-state index in [9.17, 15) is 14.9 Å². The Balaban J connectivity index is 1.65. The van der Waals surface area contributed by atoms with E-state index in [0.29, 0.717) is 6.42 Å². The van der Waals surface area contributed by atoms with Crippen LogP contribution in [0.3, 0.4) is 0 Å². The monoisotopic (exact) mass is 434 g/mol. The molecule has 8 heteroatoms. The molecule has 0 bridgehead atoms. The highest BCUT2D eigenvalue weighted by molar-refractivity contribution is 6.34. The smallest absolute Gasteiger partial charge is 0.270 e. The number of nitrogens with one attached hydrogen (secondary N) is 1. The zero-order valence-corrected chi connectivity index (χ0v) is 17.4. The number of para-hydroxylation sites is 2. The van der Waals surface area contributed by atoms with Crippen LogP contribution >= 0.6 is 11.6 Å². The van der Waals surface area contributed by atoms with Crippen molar-refractivity contribution in [2.24, 2.45) is 7.05 Å². The third-order valence-corrected chi connectivity index (χ3v) is 5.49. The number of hydrogen-bond acceptors (Lipinski definition) is 4. The fourth-order valence-electron chi connectivity index (χ4n) is 3.54. The third-order valence-electron chi connectivity index (χ3n) is 5.18. The van der Waals surface area contributed by atoms with Gasteiger partial charge in [-0.2, -0.15) is 0 Å². The number of nitro benzene ring substituents is 1. The number of benzene rings is 3. The highest BCUT2D eigenvalue weighted by Crippen LogP contribution is 2.25. The summed E-state index contributed by atoms with van der Waals surface area (Å²) < 4.78 is 2.01. The fourth-order valence-corrected chi connectivity index (χ4v) is 3.80. The number of hydrogen-bond donors (Lipinski definition) is 1. The second-order valence-electron chi connectivity index (χ2n) is 7.14. The molecule has 3 aromatic carbocycles. The molecule has 4 rings (SSSR count). The Labute approximate surface area is 183 Å². The minimum absolute atomic E-state index is 0.0289. The van der Waals surface area contributed by atoms with Crippen LogP contribution in [0.5, 0.6) is 0 Å². The van der Waals surface area contributed by atoms with Crippen LogP contribution in [0.2, 0.25) is 5.02 Å². The number of halogens is 1. The Morgan fingerprint density at radius 3 is 2.52 bits per heavy atom. The molecule has 1 heterocycles. The minimum Gasteiger partial charge on any atom is -0.345 e. The molecular formula is C23H19ClN4O3. The molecule has 7 nitrogen and oxygen atoms in total. The normalized spacial score (nSPS) is 11.9. The van der Waals surface area contributed by atoms with Gasteiger partial charge >= 0.3 is 0 Å². The number of rotatable bonds is 6. The van der Waals surface area contributed by atoms with Gasteiger partial charge in [-0.25, -0.2) is 4.98 Å². The maximum absolute atomic E-state index is 13.0. The molecule has 0 fully saturated rings. The van der Waals surface area contributed by atoms with Gasteiger partial charge < -0.3 is 9.88 Å². The van der Waals surface area contributed by atoms with Gasteiger partial charge in [-0.3, -0.25) is 14.9 Å². The summed E-state index contributed by atoms with van der Waals surface area (Å²) in [6, 6.07) is 20.9. The van der Waals surface area contributed by atoms with Crippen molar-refractivity contribution < 1.29 is 9.72 Å². The van der Waals surface area contributed by atoms with E-state index < -0.39 is 10.8 Å². The van der Waals surface area contributed by atoms with Crippen LogP contribution in [0, 0.1) is 10.1 Å². The van der Waals surface area contributed by atoms with Crippen LogP contribution < -0.4 is 5.32 Å². The van der Waals surface area contributed by atoms with Gasteiger partial charge in [0, 0.05) is 25.6 Å². The number of aryl methyl sites for hydroxylation is 1. The van der Waals surface area contributed by atoms with E-state index in [0.717, 1.165) is 22.4 Å². The Bertz CT molecular complexity index is 1270. The average molecular weight is 435 g/mol.